The molecule has 0 spiro atoms. The van der Waals surface area contributed by atoms with Gasteiger partial charge in [0, 0.05) is 26.7 Å². The molecular formula is C20H28N2O3. The lowest BCUT2D eigenvalue weighted by Gasteiger charge is -2.34. The largest absolute Gasteiger partial charge is 0.383 e. The van der Waals surface area contributed by atoms with E-state index < -0.39 is 5.41 Å². The molecule has 2 aliphatic rings. The highest BCUT2D eigenvalue weighted by atomic mass is 16.5. The van der Waals surface area contributed by atoms with E-state index >= 15 is 0 Å². The fraction of sp³-hybridized carbons (Fsp3) is 0.600. The van der Waals surface area contributed by atoms with Crippen LogP contribution in [-0.2, 0) is 20.7 Å². The van der Waals surface area contributed by atoms with Crippen molar-refractivity contribution in [3.63, 3.8) is 0 Å². The Morgan fingerprint density at radius 1 is 1.20 bits per heavy atom. The predicted octanol–water partition coefficient (Wildman–Crippen LogP) is 2.01. The van der Waals surface area contributed by atoms with Crippen LogP contribution in [0.15, 0.2) is 30.3 Å². The van der Waals surface area contributed by atoms with Crippen molar-refractivity contribution in [3.8, 4) is 0 Å². The molecule has 0 bridgehead atoms. The maximum atomic E-state index is 12.9. The van der Waals surface area contributed by atoms with Crippen molar-refractivity contribution in [2.24, 2.45) is 11.3 Å². The first-order valence-electron chi connectivity index (χ1n) is 9.26. The minimum atomic E-state index is -0.792. The lowest BCUT2D eigenvalue weighted by Crippen LogP contribution is -2.48. The van der Waals surface area contributed by atoms with Crippen LogP contribution >= 0.6 is 0 Å². The van der Waals surface area contributed by atoms with E-state index in [0.717, 1.165) is 32.4 Å². The van der Waals surface area contributed by atoms with E-state index in [0.29, 0.717) is 31.9 Å². The van der Waals surface area contributed by atoms with Crippen molar-refractivity contribution in [1.82, 2.24) is 10.2 Å². The number of likely N-dealkylation sites (tertiary alicyclic amines) is 1. The Morgan fingerprint density at radius 3 is 2.48 bits per heavy atom. The number of nitrogens with one attached hydrogen (secondary N) is 1. The Balaban J connectivity index is 1.49. The van der Waals surface area contributed by atoms with Crippen LogP contribution in [0, 0.1) is 11.3 Å². The number of carbonyl (C=O) groups excluding carboxylic acids is 2. The number of methoxy groups -OCH3 is 1. The average Bonchev–Trinajstić information content (AvgIpc) is 3.45. The molecule has 5 heteroatoms. The van der Waals surface area contributed by atoms with Gasteiger partial charge in [-0.2, -0.15) is 0 Å². The molecule has 0 unspecified atom stereocenters. The summed E-state index contributed by atoms with van der Waals surface area (Å²) < 4.78 is 4.95. The second-order valence-electron chi connectivity index (χ2n) is 7.26. The molecule has 0 aromatic heterocycles. The Bertz CT molecular complexity index is 590. The van der Waals surface area contributed by atoms with Gasteiger partial charge in [0.05, 0.1) is 6.61 Å². The van der Waals surface area contributed by atoms with Crippen LogP contribution in [0.5, 0.6) is 0 Å². The Labute approximate surface area is 149 Å². The first kappa shape index (κ1) is 17.9. The third-order valence-corrected chi connectivity index (χ3v) is 5.45. The number of piperidine rings is 1. The zero-order valence-electron chi connectivity index (χ0n) is 15.0. The molecule has 1 saturated heterocycles. The standard InChI is InChI=1S/C20H28N2O3/c1-25-14-11-21-18(23)20(9-10-20)19(24)22-12-7-17(8-13-22)15-16-5-3-2-4-6-16/h2-6,17H,7-15H2,1H3,(H,21,23). The van der Waals surface area contributed by atoms with Crippen molar-refractivity contribution < 1.29 is 14.3 Å². The summed E-state index contributed by atoms with van der Waals surface area (Å²) >= 11 is 0. The van der Waals surface area contributed by atoms with Crippen molar-refractivity contribution in [2.45, 2.75) is 32.1 Å². The molecule has 2 fully saturated rings. The van der Waals surface area contributed by atoms with E-state index in [-0.39, 0.29) is 11.8 Å². The number of hydrogen-bond acceptors (Lipinski definition) is 3. The second-order valence-corrected chi connectivity index (χ2v) is 7.26. The normalized spacial score (nSPS) is 19.5. The summed E-state index contributed by atoms with van der Waals surface area (Å²) in [7, 11) is 1.60. The first-order valence-corrected chi connectivity index (χ1v) is 9.26. The summed E-state index contributed by atoms with van der Waals surface area (Å²) in [5.74, 6) is 0.527. The lowest BCUT2D eigenvalue weighted by molar-refractivity contribution is -0.145. The van der Waals surface area contributed by atoms with Crippen LogP contribution < -0.4 is 5.32 Å². The quantitative estimate of drug-likeness (QED) is 0.608. The summed E-state index contributed by atoms with van der Waals surface area (Å²) in [5.41, 5.74) is 0.573. The Morgan fingerprint density at radius 2 is 1.88 bits per heavy atom. The number of carbonyl (C=O) groups is 2. The lowest BCUT2D eigenvalue weighted by atomic mass is 9.89. The number of benzene rings is 1. The molecule has 1 aromatic carbocycles. The second kappa shape index (κ2) is 8.00. The van der Waals surface area contributed by atoms with Gasteiger partial charge in [0.25, 0.3) is 0 Å². The minimum Gasteiger partial charge on any atom is -0.383 e. The molecule has 0 radical (unpaired) electrons. The van der Waals surface area contributed by atoms with E-state index in [1.807, 2.05) is 11.0 Å². The number of ether oxygens (including phenoxy) is 1. The van der Waals surface area contributed by atoms with E-state index in [1.54, 1.807) is 7.11 Å². The summed E-state index contributed by atoms with van der Waals surface area (Å²) in [6.07, 6.45) is 4.46. The predicted molar refractivity (Wildman–Crippen MR) is 96.0 cm³/mol. The highest BCUT2D eigenvalue weighted by Gasteiger charge is 2.58. The van der Waals surface area contributed by atoms with Crippen LogP contribution in [0.25, 0.3) is 0 Å². The fourth-order valence-electron chi connectivity index (χ4n) is 3.69. The van der Waals surface area contributed by atoms with Gasteiger partial charge in [-0.1, -0.05) is 30.3 Å². The van der Waals surface area contributed by atoms with Gasteiger partial charge in [-0.05, 0) is 43.6 Å². The average molecular weight is 344 g/mol. The van der Waals surface area contributed by atoms with Crippen LogP contribution in [0.1, 0.15) is 31.2 Å². The number of nitrogens with zero attached hydrogens (tertiary/aromatic N) is 1. The van der Waals surface area contributed by atoms with Gasteiger partial charge >= 0.3 is 0 Å². The van der Waals surface area contributed by atoms with Gasteiger partial charge in [0.15, 0.2) is 0 Å². The van der Waals surface area contributed by atoms with Crippen LogP contribution in [0.4, 0.5) is 0 Å². The molecule has 1 aliphatic carbocycles. The third kappa shape index (κ3) is 4.21. The van der Waals surface area contributed by atoms with Gasteiger partial charge in [0.2, 0.25) is 11.8 Å². The molecule has 1 aliphatic heterocycles. The topological polar surface area (TPSA) is 58.6 Å². The fourth-order valence-corrected chi connectivity index (χ4v) is 3.69. The highest BCUT2D eigenvalue weighted by Crippen LogP contribution is 2.48. The van der Waals surface area contributed by atoms with E-state index in [4.69, 9.17) is 4.74 Å². The maximum Gasteiger partial charge on any atom is 0.238 e. The first-order chi connectivity index (χ1) is 12.2. The Kier molecular flexibility index (Phi) is 5.74. The molecule has 5 nitrogen and oxygen atoms in total. The molecule has 136 valence electrons. The summed E-state index contributed by atoms with van der Waals surface area (Å²) in [4.78, 5) is 27.1. The third-order valence-electron chi connectivity index (χ3n) is 5.45. The molecule has 1 saturated carbocycles. The van der Waals surface area contributed by atoms with Crippen molar-refractivity contribution in [1.29, 1.82) is 0 Å². The number of hydrogen-bond donors (Lipinski definition) is 1. The SMILES string of the molecule is COCCNC(=O)C1(C(=O)N2CCC(Cc3ccccc3)CC2)CC1. The van der Waals surface area contributed by atoms with Gasteiger partial charge in [-0.3, -0.25) is 9.59 Å². The van der Waals surface area contributed by atoms with Crippen molar-refractivity contribution >= 4 is 11.8 Å². The molecule has 1 heterocycles. The van der Waals surface area contributed by atoms with Crippen molar-refractivity contribution in [3.05, 3.63) is 35.9 Å². The van der Waals surface area contributed by atoms with E-state index in [1.165, 1.54) is 5.56 Å². The highest BCUT2D eigenvalue weighted by molar-refractivity contribution is 6.07. The van der Waals surface area contributed by atoms with Crippen LogP contribution in [0.2, 0.25) is 0 Å². The van der Waals surface area contributed by atoms with Crippen molar-refractivity contribution in [2.75, 3.05) is 33.4 Å². The van der Waals surface area contributed by atoms with Gasteiger partial charge in [0.1, 0.15) is 5.41 Å². The molecule has 1 aromatic rings. The summed E-state index contributed by atoms with van der Waals surface area (Å²) in [6.45, 7) is 2.47. The number of amides is 2. The molecule has 2 amide bonds. The molecule has 3 rings (SSSR count). The van der Waals surface area contributed by atoms with Crippen LogP contribution in [-0.4, -0.2) is 50.1 Å². The molecular weight excluding hydrogens is 316 g/mol. The maximum absolute atomic E-state index is 12.9. The smallest absolute Gasteiger partial charge is 0.238 e. The zero-order valence-corrected chi connectivity index (χ0v) is 15.0. The zero-order chi connectivity index (χ0) is 17.7. The molecule has 25 heavy (non-hydrogen) atoms. The molecule has 0 atom stereocenters. The summed E-state index contributed by atoms with van der Waals surface area (Å²) in [6, 6.07) is 10.5. The Hall–Kier alpha value is -1.88. The van der Waals surface area contributed by atoms with Gasteiger partial charge in [-0.25, -0.2) is 0 Å². The van der Waals surface area contributed by atoms with Crippen LogP contribution in [0.3, 0.4) is 0 Å². The van der Waals surface area contributed by atoms with Gasteiger partial charge in [-0.15, -0.1) is 0 Å². The monoisotopic (exact) mass is 344 g/mol. The number of rotatable bonds is 7. The van der Waals surface area contributed by atoms with E-state index in [9.17, 15) is 9.59 Å². The molecule has 1 N–H and O–H groups in total. The van der Waals surface area contributed by atoms with E-state index in [2.05, 4.69) is 29.6 Å². The van der Waals surface area contributed by atoms with Gasteiger partial charge < -0.3 is 15.0 Å². The summed E-state index contributed by atoms with van der Waals surface area (Å²) in [5, 5.41) is 2.84. The minimum absolute atomic E-state index is 0.0283.